The number of carbonyl (C=O) groups is 5. The third kappa shape index (κ3) is 12.4. The number of nitriles is 2. The Hall–Kier alpha value is -8.33. The third-order valence-electron chi connectivity index (χ3n) is 14.3. The van der Waals surface area contributed by atoms with Crippen molar-refractivity contribution in [2.45, 2.75) is 64.6 Å². The molecule has 2 aliphatic heterocycles. The van der Waals surface area contributed by atoms with E-state index in [2.05, 4.69) is 79.1 Å². The number of nitrogens with one attached hydrogen (secondary N) is 4. The Morgan fingerprint density at radius 2 is 1.16 bits per heavy atom. The smallest absolute Gasteiger partial charge is 0.258 e. The second-order valence-electron chi connectivity index (χ2n) is 19.5. The van der Waals surface area contributed by atoms with Gasteiger partial charge in [-0.25, -0.2) is 0 Å². The molecule has 2 unspecified atom stereocenters. The van der Waals surface area contributed by atoms with Gasteiger partial charge >= 0.3 is 0 Å². The van der Waals surface area contributed by atoms with Gasteiger partial charge < -0.3 is 50.3 Å². The highest BCUT2D eigenvalue weighted by Gasteiger charge is 2.39. The van der Waals surface area contributed by atoms with Crippen LogP contribution in [-0.2, 0) is 38.8 Å². The highest BCUT2D eigenvalue weighted by Crippen LogP contribution is 2.41. The topological polar surface area (TPSA) is 212 Å². The maximum absolute atomic E-state index is 15.1. The summed E-state index contributed by atoms with van der Waals surface area (Å²) >= 11 is 7.12. The Balaban J connectivity index is 0.00000161. The molecule has 4 N–H and O–H groups in total. The Morgan fingerprint density at radius 1 is 0.650 bits per heavy atom. The summed E-state index contributed by atoms with van der Waals surface area (Å²) in [6, 6.07) is 38.0. The molecule has 3 atom stereocenters. The normalized spacial score (nSPS) is 15.3. The molecule has 0 bridgehead atoms. The van der Waals surface area contributed by atoms with Gasteiger partial charge in [0.2, 0.25) is 12.3 Å². The van der Waals surface area contributed by atoms with Gasteiger partial charge in [-0.2, -0.15) is 10.5 Å². The minimum Gasteiger partial charge on any atom is -0.496 e. The van der Waals surface area contributed by atoms with E-state index in [-0.39, 0.29) is 55.4 Å². The number of methoxy groups -OCH3 is 2. The lowest BCUT2D eigenvalue weighted by Crippen LogP contribution is -2.55. The van der Waals surface area contributed by atoms with E-state index in [9.17, 15) is 24.9 Å². The Labute approximate surface area is 481 Å². The minimum absolute atomic E-state index is 0.0118. The Kier molecular flexibility index (Phi) is 18.5. The van der Waals surface area contributed by atoms with Crippen LogP contribution in [-0.4, -0.2) is 95.6 Å². The quantitative estimate of drug-likeness (QED) is 0.0710. The minimum atomic E-state index is -1.23. The van der Waals surface area contributed by atoms with Crippen LogP contribution in [0.25, 0.3) is 21.5 Å². The monoisotopic (exact) mass is 1200 g/mol. The lowest BCUT2D eigenvalue weighted by atomic mass is 10.0. The molecule has 0 aliphatic carbocycles. The van der Waals surface area contributed by atoms with Gasteiger partial charge in [-0.05, 0) is 133 Å². The summed E-state index contributed by atoms with van der Waals surface area (Å²) in [5.74, 6) is -0.730. The highest BCUT2D eigenvalue weighted by atomic mass is 79.9. The van der Waals surface area contributed by atoms with E-state index in [1.54, 1.807) is 93.8 Å². The predicted octanol–water partition coefficient (Wildman–Crippen LogP) is 8.85. The molecule has 410 valence electrons. The van der Waals surface area contributed by atoms with Crippen LogP contribution in [0.3, 0.4) is 0 Å². The fraction of sp³-hybridized carbons (Fsp3) is 0.262. The summed E-state index contributed by atoms with van der Waals surface area (Å²) in [4.78, 5) is 77.0. The largest absolute Gasteiger partial charge is 0.496 e. The van der Waals surface area contributed by atoms with Gasteiger partial charge in [-0.3, -0.25) is 24.0 Å². The lowest BCUT2D eigenvalue weighted by molar-refractivity contribution is -0.128. The van der Waals surface area contributed by atoms with Gasteiger partial charge in [0.1, 0.15) is 23.6 Å². The van der Waals surface area contributed by atoms with Gasteiger partial charge in [0.25, 0.3) is 17.7 Å². The van der Waals surface area contributed by atoms with Crippen LogP contribution in [0.15, 0.2) is 130 Å². The van der Waals surface area contributed by atoms with Crippen molar-refractivity contribution in [3.05, 3.63) is 164 Å². The maximum atomic E-state index is 15.1. The summed E-state index contributed by atoms with van der Waals surface area (Å²) in [6.07, 6.45) is 0.496. The molecule has 0 spiro atoms. The van der Waals surface area contributed by atoms with Gasteiger partial charge in [0, 0.05) is 44.8 Å². The molecule has 0 radical (unpaired) electrons. The summed E-state index contributed by atoms with van der Waals surface area (Å²) in [5.41, 5.74) is 4.69. The van der Waals surface area contributed by atoms with Gasteiger partial charge in [-0.15, -0.1) is 0 Å². The molecular formula is C61H60Br2N10O7. The third-order valence-corrected chi connectivity index (χ3v) is 15.3. The van der Waals surface area contributed by atoms with Crippen LogP contribution >= 0.6 is 31.9 Å². The zero-order valence-electron chi connectivity index (χ0n) is 45.3. The molecule has 19 heteroatoms. The highest BCUT2D eigenvalue weighted by molar-refractivity contribution is 9.10. The number of anilines is 4. The van der Waals surface area contributed by atoms with Crippen molar-refractivity contribution in [3.8, 4) is 23.6 Å². The van der Waals surface area contributed by atoms with E-state index < -0.39 is 35.8 Å². The number of rotatable bonds is 15. The van der Waals surface area contributed by atoms with E-state index in [1.165, 1.54) is 9.80 Å². The van der Waals surface area contributed by atoms with Crippen LogP contribution in [0.2, 0.25) is 0 Å². The number of likely N-dealkylation sites (N-methyl/N-ethyl adjacent to an activating group) is 1. The predicted molar refractivity (Wildman–Crippen MR) is 318 cm³/mol. The number of hydrogen-bond donors (Lipinski definition) is 4. The first-order valence-electron chi connectivity index (χ1n) is 25.8. The van der Waals surface area contributed by atoms with Crippen LogP contribution < -0.4 is 50.3 Å². The molecule has 17 nitrogen and oxygen atoms in total. The fourth-order valence-electron chi connectivity index (χ4n) is 9.73. The first kappa shape index (κ1) is 57.8. The average molecular weight is 1210 g/mol. The number of hydrogen-bond acceptors (Lipinski definition) is 12. The molecule has 2 aliphatic rings. The van der Waals surface area contributed by atoms with Crippen LogP contribution in [0.1, 0.15) is 58.9 Å². The van der Waals surface area contributed by atoms with Crippen molar-refractivity contribution in [1.29, 1.82) is 10.5 Å². The maximum Gasteiger partial charge on any atom is 0.258 e. The molecule has 2 heterocycles. The summed E-state index contributed by atoms with van der Waals surface area (Å²) in [5, 5.41) is 35.4. The van der Waals surface area contributed by atoms with Gasteiger partial charge in [0.05, 0.1) is 85.9 Å². The molecule has 9 rings (SSSR count). The van der Waals surface area contributed by atoms with Crippen molar-refractivity contribution < 1.29 is 33.4 Å². The van der Waals surface area contributed by atoms with Crippen molar-refractivity contribution in [1.82, 2.24) is 21.3 Å². The first-order valence-corrected chi connectivity index (χ1v) is 27.3. The molecule has 0 fully saturated rings. The van der Waals surface area contributed by atoms with E-state index in [0.717, 1.165) is 41.6 Å². The standard InChI is InChI=1S/C57H49Br2N9O7.C4H11N/c1-33(62-2)54(70)64-47-31-68(51-22-36(26-61)8-18-49(51)67(57(47)73)29-45-43-16-14-41(59)24-39(43)12-20-53(45)75-4)55(71)37-9-5-34(6-10-37)27-65-30-46(63-32-69)56(72)66(48-17-7-35(25-60)21-50(48)65)28-44-42-15-13-40(58)23-38(42)11-19-52(44)74-3;1-4(2)5-3/h5-24,32-33,46-47,62H,27-31H2,1-4H3,(H,63,69)(H,64,70);4-5H,1-3H3/t33-,46?,47?;/m0./s1. The lowest BCUT2D eigenvalue weighted by Gasteiger charge is -2.28. The summed E-state index contributed by atoms with van der Waals surface area (Å²) in [7, 11) is 6.70. The van der Waals surface area contributed by atoms with Crippen LogP contribution in [0.4, 0.5) is 22.7 Å². The molecule has 0 saturated heterocycles. The van der Waals surface area contributed by atoms with E-state index >= 15 is 9.59 Å². The fourth-order valence-corrected chi connectivity index (χ4v) is 10.5. The number of halogens is 2. The average Bonchev–Trinajstić information content (AvgIpc) is 3.78. The van der Waals surface area contributed by atoms with E-state index in [4.69, 9.17) is 9.47 Å². The van der Waals surface area contributed by atoms with E-state index in [1.807, 2.05) is 72.6 Å². The van der Waals surface area contributed by atoms with Crippen molar-refractivity contribution in [2.24, 2.45) is 0 Å². The van der Waals surface area contributed by atoms with Crippen molar-refractivity contribution in [2.75, 3.05) is 61.0 Å². The molecule has 0 saturated carbocycles. The zero-order chi connectivity index (χ0) is 57.4. The molecule has 7 aromatic rings. The van der Waals surface area contributed by atoms with Gasteiger partial charge in [0.15, 0.2) is 0 Å². The van der Waals surface area contributed by atoms with E-state index in [0.29, 0.717) is 52.1 Å². The van der Waals surface area contributed by atoms with Crippen molar-refractivity contribution >= 4 is 106 Å². The summed E-state index contributed by atoms with van der Waals surface area (Å²) < 4.78 is 13.4. The molecule has 0 aromatic heterocycles. The van der Waals surface area contributed by atoms with Crippen molar-refractivity contribution in [3.63, 3.8) is 0 Å². The zero-order valence-corrected chi connectivity index (χ0v) is 48.4. The molecular weight excluding hydrogens is 1140 g/mol. The number of nitrogens with zero attached hydrogens (tertiary/aromatic N) is 6. The SMILES string of the molecule is CNC(C)C.CN[C@@H](C)C(=O)NC1CN(C(=O)c2ccc(CN3CC(NC=O)C(=O)N(Cc4c(OC)ccc5cc(Br)ccc45)c4ccc(C#N)cc43)cc2)c2cc(C#N)ccc2N(Cc2c(OC)ccc3cc(Br)ccc23)C1=O. The number of carbonyl (C=O) groups excluding carboxylic acids is 5. The Bertz CT molecular complexity index is 3600. The Morgan fingerprint density at radius 3 is 1.65 bits per heavy atom. The second kappa shape index (κ2) is 25.6. The molecule has 80 heavy (non-hydrogen) atoms. The molecule has 5 amide bonds. The first-order chi connectivity index (χ1) is 38.5. The number of amides is 5. The van der Waals surface area contributed by atoms with Crippen LogP contribution in [0, 0.1) is 22.7 Å². The molecule has 7 aromatic carbocycles. The number of benzene rings is 7. The number of ether oxygens (including phenoxy) is 2. The van der Waals surface area contributed by atoms with Gasteiger partial charge in [-0.1, -0.05) is 82.1 Å². The second-order valence-corrected chi connectivity index (χ2v) is 21.4. The number of fused-ring (bicyclic) bond motifs is 4. The summed E-state index contributed by atoms with van der Waals surface area (Å²) in [6.45, 7) is 5.90. The van der Waals surface area contributed by atoms with Crippen LogP contribution in [0.5, 0.6) is 11.5 Å².